The molecule has 6 heteroatoms. The van der Waals surface area contributed by atoms with Gasteiger partial charge in [-0.05, 0) is 43.9 Å². The largest absolute Gasteiger partial charge is 0.352 e. The Morgan fingerprint density at radius 1 is 1.19 bits per heavy atom. The van der Waals surface area contributed by atoms with E-state index in [1.165, 1.54) is 29.8 Å². The molecule has 1 aliphatic rings. The second kappa shape index (κ2) is 9.40. The Balaban J connectivity index is 2.22. The minimum absolute atomic E-state index is 0.149. The summed E-state index contributed by atoms with van der Waals surface area (Å²) < 4.78 is 26.2. The Labute approximate surface area is 158 Å². The van der Waals surface area contributed by atoms with Crippen LogP contribution in [0.2, 0.25) is 0 Å². The summed E-state index contributed by atoms with van der Waals surface area (Å²) in [5, 5.41) is 3.13. The van der Waals surface area contributed by atoms with E-state index in [2.05, 4.69) is 5.32 Å². The number of anilines is 1. The van der Waals surface area contributed by atoms with Gasteiger partial charge in [0.1, 0.15) is 6.04 Å². The Bertz CT molecular complexity index is 695. The molecule has 2 rings (SSSR count). The second-order valence-electron chi connectivity index (χ2n) is 7.37. The molecular formula is C20H32N2O3S. The molecule has 0 radical (unpaired) electrons. The summed E-state index contributed by atoms with van der Waals surface area (Å²) in [5.74, 6) is -0.190. The molecule has 0 saturated heterocycles. The number of nitrogens with one attached hydrogen (secondary N) is 1. The lowest BCUT2D eigenvalue weighted by Crippen LogP contribution is -2.51. The first-order chi connectivity index (χ1) is 12.3. The molecule has 1 amide bonds. The molecular weight excluding hydrogens is 348 g/mol. The van der Waals surface area contributed by atoms with Gasteiger partial charge in [0, 0.05) is 6.04 Å². The van der Waals surface area contributed by atoms with E-state index >= 15 is 0 Å². The molecule has 0 heterocycles. The van der Waals surface area contributed by atoms with Crippen LogP contribution in [0.4, 0.5) is 5.69 Å². The van der Waals surface area contributed by atoms with Crippen LogP contribution in [0.1, 0.15) is 63.9 Å². The quantitative estimate of drug-likeness (QED) is 0.817. The molecule has 5 nitrogen and oxygen atoms in total. The molecule has 1 aromatic carbocycles. The van der Waals surface area contributed by atoms with Crippen molar-refractivity contribution in [3.63, 3.8) is 0 Å². The summed E-state index contributed by atoms with van der Waals surface area (Å²) in [4.78, 5) is 13.0. The van der Waals surface area contributed by atoms with Gasteiger partial charge in [-0.3, -0.25) is 9.10 Å². The van der Waals surface area contributed by atoms with E-state index in [9.17, 15) is 13.2 Å². The molecule has 0 aliphatic heterocycles. The summed E-state index contributed by atoms with van der Waals surface area (Å²) in [7, 11) is -3.57. The zero-order valence-electron chi connectivity index (χ0n) is 16.2. The predicted octanol–water partition coefficient (Wildman–Crippen LogP) is 3.77. The number of carbonyl (C=O) groups is 1. The molecule has 0 unspecified atom stereocenters. The topological polar surface area (TPSA) is 66.5 Å². The van der Waals surface area contributed by atoms with E-state index < -0.39 is 16.1 Å². The van der Waals surface area contributed by atoms with Crippen LogP contribution in [-0.2, 0) is 14.8 Å². The highest BCUT2D eigenvalue weighted by Crippen LogP contribution is 2.24. The van der Waals surface area contributed by atoms with Crippen LogP contribution in [0, 0.1) is 6.92 Å². The SMILES string of the molecule is CC[C@H](C(=O)NC1CCCCCCC1)N(c1cccc(C)c1)S(C)(=O)=O. The fraction of sp³-hybridized carbons (Fsp3) is 0.650. The summed E-state index contributed by atoms with van der Waals surface area (Å²) >= 11 is 0. The van der Waals surface area contributed by atoms with Gasteiger partial charge in [0.05, 0.1) is 11.9 Å². The third-order valence-electron chi connectivity index (χ3n) is 5.04. The van der Waals surface area contributed by atoms with Gasteiger partial charge in [-0.2, -0.15) is 0 Å². The highest BCUT2D eigenvalue weighted by atomic mass is 32.2. The number of amides is 1. The third-order valence-corrected chi connectivity index (χ3v) is 6.22. The first kappa shape index (κ1) is 20.7. The summed E-state index contributed by atoms with van der Waals surface area (Å²) in [6.45, 7) is 3.77. The normalized spacial score (nSPS) is 17.8. The van der Waals surface area contributed by atoms with E-state index in [1.54, 1.807) is 6.07 Å². The van der Waals surface area contributed by atoms with E-state index in [1.807, 2.05) is 32.0 Å². The van der Waals surface area contributed by atoms with E-state index in [4.69, 9.17) is 0 Å². The van der Waals surface area contributed by atoms with Crippen LogP contribution in [0.5, 0.6) is 0 Å². The maximum Gasteiger partial charge on any atom is 0.244 e. The minimum atomic E-state index is -3.57. The van der Waals surface area contributed by atoms with Gasteiger partial charge in [-0.15, -0.1) is 0 Å². The Hall–Kier alpha value is -1.56. The fourth-order valence-corrected chi connectivity index (χ4v) is 4.93. The molecule has 0 bridgehead atoms. The Morgan fingerprint density at radius 2 is 1.81 bits per heavy atom. The Morgan fingerprint density at radius 3 is 2.35 bits per heavy atom. The number of benzene rings is 1. The summed E-state index contributed by atoms with van der Waals surface area (Å²) in [6, 6.07) is 6.72. The van der Waals surface area contributed by atoms with Gasteiger partial charge in [0.2, 0.25) is 15.9 Å². The van der Waals surface area contributed by atoms with Crippen LogP contribution in [0.25, 0.3) is 0 Å². The van der Waals surface area contributed by atoms with E-state index in [-0.39, 0.29) is 11.9 Å². The van der Waals surface area contributed by atoms with Gasteiger partial charge >= 0.3 is 0 Å². The first-order valence-electron chi connectivity index (χ1n) is 9.69. The van der Waals surface area contributed by atoms with Gasteiger partial charge < -0.3 is 5.32 Å². The summed E-state index contributed by atoms with van der Waals surface area (Å²) in [6.07, 6.45) is 9.49. The molecule has 1 saturated carbocycles. The number of sulfonamides is 1. The van der Waals surface area contributed by atoms with Crippen molar-refractivity contribution in [3.8, 4) is 0 Å². The molecule has 26 heavy (non-hydrogen) atoms. The van der Waals surface area contributed by atoms with Crippen molar-refractivity contribution in [1.29, 1.82) is 0 Å². The molecule has 1 atom stereocenters. The molecule has 1 aromatic rings. The lowest BCUT2D eigenvalue weighted by Gasteiger charge is -2.32. The van der Waals surface area contributed by atoms with E-state index in [0.717, 1.165) is 31.2 Å². The Kier molecular flexibility index (Phi) is 7.50. The molecule has 146 valence electrons. The van der Waals surface area contributed by atoms with Crippen molar-refractivity contribution in [3.05, 3.63) is 29.8 Å². The van der Waals surface area contributed by atoms with Crippen LogP contribution < -0.4 is 9.62 Å². The molecule has 1 aliphatic carbocycles. The smallest absolute Gasteiger partial charge is 0.244 e. The van der Waals surface area contributed by atoms with Crippen molar-refractivity contribution in [1.82, 2.24) is 5.32 Å². The molecule has 0 aromatic heterocycles. The zero-order chi connectivity index (χ0) is 19.2. The number of carbonyl (C=O) groups excluding carboxylic acids is 1. The van der Waals surface area contributed by atoms with Crippen LogP contribution in [0.15, 0.2) is 24.3 Å². The summed E-state index contributed by atoms with van der Waals surface area (Å²) in [5.41, 5.74) is 1.51. The van der Waals surface area contributed by atoms with Crippen molar-refractivity contribution in [2.45, 2.75) is 77.3 Å². The van der Waals surface area contributed by atoms with E-state index in [0.29, 0.717) is 12.1 Å². The maximum atomic E-state index is 13.0. The zero-order valence-corrected chi connectivity index (χ0v) is 17.0. The lowest BCUT2D eigenvalue weighted by atomic mass is 9.96. The number of hydrogen-bond acceptors (Lipinski definition) is 3. The van der Waals surface area contributed by atoms with Crippen molar-refractivity contribution in [2.24, 2.45) is 0 Å². The average molecular weight is 381 g/mol. The highest BCUT2D eigenvalue weighted by Gasteiger charge is 2.32. The van der Waals surface area contributed by atoms with Crippen molar-refractivity contribution in [2.75, 3.05) is 10.6 Å². The van der Waals surface area contributed by atoms with Gasteiger partial charge in [-0.1, -0.05) is 51.2 Å². The standard InChI is InChI=1S/C20H32N2O3S/c1-4-19(20(23)21-17-12-8-6-5-7-9-13-17)22(26(3,24)25)18-14-10-11-16(2)15-18/h10-11,14-15,17,19H,4-9,12-13H2,1-3H3,(H,21,23)/t19-/m1/s1. The first-order valence-corrected chi connectivity index (χ1v) is 11.5. The van der Waals surface area contributed by atoms with Crippen LogP contribution in [0.3, 0.4) is 0 Å². The lowest BCUT2D eigenvalue weighted by molar-refractivity contribution is -0.123. The van der Waals surface area contributed by atoms with Gasteiger partial charge in [0.25, 0.3) is 0 Å². The van der Waals surface area contributed by atoms with Crippen molar-refractivity contribution < 1.29 is 13.2 Å². The highest BCUT2D eigenvalue weighted by molar-refractivity contribution is 7.92. The van der Waals surface area contributed by atoms with Gasteiger partial charge in [-0.25, -0.2) is 8.42 Å². The van der Waals surface area contributed by atoms with Crippen molar-refractivity contribution >= 4 is 21.6 Å². The number of aryl methyl sites for hydroxylation is 1. The molecule has 1 fully saturated rings. The monoisotopic (exact) mass is 380 g/mol. The second-order valence-corrected chi connectivity index (χ2v) is 9.23. The third kappa shape index (κ3) is 5.73. The van der Waals surface area contributed by atoms with Crippen LogP contribution in [-0.4, -0.2) is 32.7 Å². The number of hydrogen-bond donors (Lipinski definition) is 1. The number of nitrogens with zero attached hydrogens (tertiary/aromatic N) is 1. The van der Waals surface area contributed by atoms with Crippen LogP contribution >= 0.6 is 0 Å². The maximum absolute atomic E-state index is 13.0. The minimum Gasteiger partial charge on any atom is -0.352 e. The van der Waals surface area contributed by atoms with Gasteiger partial charge in [0.15, 0.2) is 0 Å². The fourth-order valence-electron chi connectivity index (χ4n) is 3.72. The number of rotatable bonds is 6. The predicted molar refractivity (Wildman–Crippen MR) is 107 cm³/mol. The molecule has 0 spiro atoms. The average Bonchev–Trinajstić information content (AvgIpc) is 2.53. The molecule has 1 N–H and O–H groups in total.